The molecule has 0 aliphatic carbocycles. The quantitative estimate of drug-likeness (QED) is 0.545. The number of benzene rings is 1. The molecule has 3 rings (SSSR count). The molecule has 0 spiro atoms. The Morgan fingerprint density at radius 2 is 2.00 bits per heavy atom. The molecule has 118 valence electrons. The average molecular weight is 331 g/mol. The van der Waals surface area contributed by atoms with E-state index in [2.05, 4.69) is 29.1 Å². The molecule has 3 aromatic rings. The Hall–Kier alpha value is -2.27. The Bertz CT molecular complexity index is 899. The first-order valence-corrected chi connectivity index (χ1v) is 7.69. The predicted molar refractivity (Wildman–Crippen MR) is 89.6 cm³/mol. The Kier molecular flexibility index (Phi) is 4.13. The van der Waals surface area contributed by atoms with Crippen LogP contribution in [0.3, 0.4) is 0 Å². The third kappa shape index (κ3) is 2.97. The minimum absolute atomic E-state index is 0.0273. The zero-order chi connectivity index (χ0) is 16.6. The van der Waals surface area contributed by atoms with Crippen molar-refractivity contribution in [1.29, 1.82) is 0 Å². The van der Waals surface area contributed by atoms with Crippen molar-refractivity contribution in [2.24, 2.45) is 10.2 Å². The second kappa shape index (κ2) is 6.08. The van der Waals surface area contributed by atoms with Crippen LogP contribution in [0, 0.1) is 12.7 Å². The first kappa shape index (κ1) is 15.6. The van der Waals surface area contributed by atoms with Gasteiger partial charge in [0.2, 0.25) is 0 Å². The molecule has 2 heterocycles. The number of aromatic nitrogens is 2. The average Bonchev–Trinajstić information content (AvgIpc) is 2.89. The van der Waals surface area contributed by atoms with E-state index < -0.39 is 5.82 Å². The lowest BCUT2D eigenvalue weighted by Crippen LogP contribution is -1.87. The van der Waals surface area contributed by atoms with Gasteiger partial charge in [-0.15, -0.1) is 10.2 Å². The lowest BCUT2D eigenvalue weighted by molar-refractivity contribution is 0.628. The zero-order valence-corrected chi connectivity index (χ0v) is 13.8. The number of hydrogen-bond acceptors (Lipinski definition) is 3. The van der Waals surface area contributed by atoms with Gasteiger partial charge in [-0.05, 0) is 42.7 Å². The van der Waals surface area contributed by atoms with Crippen LogP contribution in [0.15, 0.2) is 46.8 Å². The minimum atomic E-state index is -0.473. The van der Waals surface area contributed by atoms with Crippen LogP contribution in [-0.2, 0) is 0 Å². The van der Waals surface area contributed by atoms with Crippen molar-refractivity contribution in [3.63, 3.8) is 0 Å². The van der Waals surface area contributed by atoms with E-state index in [4.69, 9.17) is 11.6 Å². The summed E-state index contributed by atoms with van der Waals surface area (Å²) in [5.74, 6) is 0.415. The summed E-state index contributed by atoms with van der Waals surface area (Å²) in [6, 6.07) is 8.21. The third-order valence-corrected chi connectivity index (χ3v) is 3.85. The number of halogens is 2. The molecule has 0 amide bonds. The van der Waals surface area contributed by atoms with E-state index in [0.29, 0.717) is 11.5 Å². The van der Waals surface area contributed by atoms with Gasteiger partial charge in [0, 0.05) is 6.20 Å². The van der Waals surface area contributed by atoms with Crippen molar-refractivity contribution in [1.82, 2.24) is 9.38 Å². The lowest BCUT2D eigenvalue weighted by atomic mass is 10.1. The predicted octanol–water partition coefficient (Wildman–Crippen LogP) is 5.97. The van der Waals surface area contributed by atoms with Crippen LogP contribution < -0.4 is 0 Å². The van der Waals surface area contributed by atoms with Crippen molar-refractivity contribution >= 4 is 28.8 Å². The molecule has 23 heavy (non-hydrogen) atoms. The van der Waals surface area contributed by atoms with Gasteiger partial charge in [0.1, 0.15) is 11.5 Å². The van der Waals surface area contributed by atoms with Gasteiger partial charge in [0.05, 0.1) is 16.4 Å². The standard InChI is InChI=1S/C17H16ClFN4/c1-10(2)15-17(23-8-4-5-11(3)16(23)20-15)22-21-12-6-7-14(19)13(18)9-12/h4-10H,1-3H3. The van der Waals surface area contributed by atoms with Crippen molar-refractivity contribution in [3.8, 4) is 0 Å². The molecule has 0 saturated heterocycles. The highest BCUT2D eigenvalue weighted by molar-refractivity contribution is 6.30. The number of aryl methyl sites for hydroxylation is 1. The Morgan fingerprint density at radius 1 is 1.22 bits per heavy atom. The summed E-state index contributed by atoms with van der Waals surface area (Å²) < 4.78 is 15.1. The van der Waals surface area contributed by atoms with E-state index >= 15 is 0 Å². The fraction of sp³-hybridized carbons (Fsp3) is 0.235. The molecule has 6 heteroatoms. The second-order valence-corrected chi connectivity index (χ2v) is 6.07. The smallest absolute Gasteiger partial charge is 0.183 e. The van der Waals surface area contributed by atoms with Gasteiger partial charge in [-0.2, -0.15) is 0 Å². The number of imidazole rings is 1. The fourth-order valence-corrected chi connectivity index (χ4v) is 2.52. The van der Waals surface area contributed by atoms with Crippen molar-refractivity contribution in [2.45, 2.75) is 26.7 Å². The first-order chi connectivity index (χ1) is 11.0. The fourth-order valence-electron chi connectivity index (χ4n) is 2.35. The van der Waals surface area contributed by atoms with Crippen molar-refractivity contribution in [2.75, 3.05) is 0 Å². The maximum absolute atomic E-state index is 13.2. The van der Waals surface area contributed by atoms with E-state index in [-0.39, 0.29) is 10.9 Å². The molecule has 0 bridgehead atoms. The van der Waals surface area contributed by atoms with Gasteiger partial charge in [0.15, 0.2) is 5.82 Å². The van der Waals surface area contributed by atoms with Gasteiger partial charge in [-0.25, -0.2) is 9.37 Å². The van der Waals surface area contributed by atoms with E-state index in [1.54, 1.807) is 0 Å². The van der Waals surface area contributed by atoms with E-state index in [0.717, 1.165) is 16.9 Å². The number of nitrogens with zero attached hydrogens (tertiary/aromatic N) is 4. The Balaban J connectivity index is 2.11. The van der Waals surface area contributed by atoms with Crippen molar-refractivity contribution in [3.05, 3.63) is 58.6 Å². The highest BCUT2D eigenvalue weighted by Gasteiger charge is 2.16. The Labute approximate surface area is 138 Å². The summed E-state index contributed by atoms with van der Waals surface area (Å²) in [7, 11) is 0. The highest BCUT2D eigenvalue weighted by Crippen LogP contribution is 2.31. The third-order valence-electron chi connectivity index (χ3n) is 3.56. The molecule has 0 atom stereocenters. The molecule has 0 N–H and O–H groups in total. The molecular formula is C17H16ClFN4. The second-order valence-electron chi connectivity index (χ2n) is 5.66. The Morgan fingerprint density at radius 3 is 2.70 bits per heavy atom. The number of hydrogen-bond donors (Lipinski definition) is 0. The molecular weight excluding hydrogens is 315 g/mol. The van der Waals surface area contributed by atoms with Crippen LogP contribution in [0.1, 0.15) is 31.0 Å². The summed E-state index contributed by atoms with van der Waals surface area (Å²) >= 11 is 5.78. The summed E-state index contributed by atoms with van der Waals surface area (Å²) in [6.45, 7) is 6.13. The van der Waals surface area contributed by atoms with Gasteiger partial charge >= 0.3 is 0 Å². The number of azo groups is 1. The van der Waals surface area contributed by atoms with Crippen LogP contribution >= 0.6 is 11.6 Å². The molecule has 0 fully saturated rings. The lowest BCUT2D eigenvalue weighted by Gasteiger charge is -2.02. The molecule has 2 aromatic heterocycles. The van der Waals surface area contributed by atoms with Crippen LogP contribution in [0.25, 0.3) is 5.65 Å². The van der Waals surface area contributed by atoms with Crippen LogP contribution in [0.4, 0.5) is 15.9 Å². The molecule has 0 saturated carbocycles. The SMILES string of the molecule is Cc1cccn2c(N=Nc3ccc(F)c(Cl)c3)c(C(C)C)nc12. The number of fused-ring (bicyclic) bond motifs is 1. The molecule has 4 nitrogen and oxygen atoms in total. The molecule has 0 aliphatic rings. The highest BCUT2D eigenvalue weighted by atomic mass is 35.5. The maximum Gasteiger partial charge on any atom is 0.183 e. The number of rotatable bonds is 3. The summed E-state index contributed by atoms with van der Waals surface area (Å²) in [5.41, 5.74) is 3.30. The van der Waals surface area contributed by atoms with E-state index in [9.17, 15) is 4.39 Å². The van der Waals surface area contributed by atoms with Gasteiger partial charge in [0.25, 0.3) is 0 Å². The van der Waals surface area contributed by atoms with Crippen LogP contribution in [-0.4, -0.2) is 9.38 Å². The normalized spacial score (nSPS) is 11.9. The monoisotopic (exact) mass is 330 g/mol. The first-order valence-electron chi connectivity index (χ1n) is 7.31. The van der Waals surface area contributed by atoms with Gasteiger partial charge < -0.3 is 0 Å². The maximum atomic E-state index is 13.2. The zero-order valence-electron chi connectivity index (χ0n) is 13.1. The van der Waals surface area contributed by atoms with Crippen molar-refractivity contribution < 1.29 is 4.39 Å². The minimum Gasteiger partial charge on any atom is -0.283 e. The molecule has 0 radical (unpaired) electrons. The molecule has 0 aliphatic heterocycles. The van der Waals surface area contributed by atoms with Crippen LogP contribution in [0.2, 0.25) is 5.02 Å². The van der Waals surface area contributed by atoms with E-state index in [1.165, 1.54) is 18.2 Å². The number of pyridine rings is 1. The van der Waals surface area contributed by atoms with Gasteiger partial charge in [-0.1, -0.05) is 31.5 Å². The molecule has 1 aromatic carbocycles. The summed E-state index contributed by atoms with van der Waals surface area (Å²) in [6.07, 6.45) is 1.91. The van der Waals surface area contributed by atoms with Crippen LogP contribution in [0.5, 0.6) is 0 Å². The topological polar surface area (TPSA) is 42.0 Å². The summed E-state index contributed by atoms with van der Waals surface area (Å²) in [4.78, 5) is 4.68. The van der Waals surface area contributed by atoms with Gasteiger partial charge in [-0.3, -0.25) is 4.40 Å². The largest absolute Gasteiger partial charge is 0.283 e. The molecule has 0 unspecified atom stereocenters. The summed E-state index contributed by atoms with van der Waals surface area (Å²) in [5, 5.41) is 8.56. The van der Waals surface area contributed by atoms with E-state index in [1.807, 2.05) is 29.7 Å².